The average Bonchev–Trinajstić information content (AvgIpc) is 2.95. The predicted octanol–water partition coefficient (Wildman–Crippen LogP) is 2.54. The maximum absolute atomic E-state index is 10.3. The van der Waals surface area contributed by atoms with E-state index in [0.717, 1.165) is 16.8 Å². The summed E-state index contributed by atoms with van der Waals surface area (Å²) in [6.07, 6.45) is 1.23. The van der Waals surface area contributed by atoms with E-state index in [9.17, 15) is 5.11 Å². The normalized spacial score (nSPS) is 13.1. The summed E-state index contributed by atoms with van der Waals surface area (Å²) in [5.41, 5.74) is 3.06. The van der Waals surface area contributed by atoms with Gasteiger partial charge >= 0.3 is 0 Å². The average molecular weight is 303 g/mol. The van der Waals surface area contributed by atoms with E-state index in [2.05, 4.69) is 36.3 Å². The number of aromatic nitrogens is 2. The molecule has 120 valence electrons. The fourth-order valence-electron chi connectivity index (χ4n) is 2.49. The first-order valence-corrected chi connectivity index (χ1v) is 7.48. The number of aliphatic hydroxyl groups excluding tert-OH is 1. The number of aliphatic hydroxyl groups is 1. The van der Waals surface area contributed by atoms with E-state index >= 15 is 0 Å². The van der Waals surface area contributed by atoms with Gasteiger partial charge in [0.15, 0.2) is 0 Å². The zero-order valence-electron chi connectivity index (χ0n) is 13.7. The van der Waals surface area contributed by atoms with Gasteiger partial charge in [0.05, 0.1) is 19.4 Å². The maximum atomic E-state index is 10.3. The zero-order chi connectivity index (χ0) is 16.2. The van der Waals surface area contributed by atoms with Crippen LogP contribution in [0.4, 0.5) is 0 Å². The zero-order valence-corrected chi connectivity index (χ0v) is 13.7. The summed E-state index contributed by atoms with van der Waals surface area (Å²) < 4.78 is 5.28. The van der Waals surface area contributed by atoms with Gasteiger partial charge in [-0.05, 0) is 6.07 Å². The molecule has 3 N–H and O–H groups in total. The number of aromatic amines is 1. The lowest BCUT2D eigenvalue weighted by molar-refractivity contribution is 0.170. The van der Waals surface area contributed by atoms with Crippen LogP contribution in [-0.4, -0.2) is 29.0 Å². The molecule has 0 radical (unpaired) electrons. The van der Waals surface area contributed by atoms with Crippen molar-refractivity contribution in [3.05, 3.63) is 47.3 Å². The lowest BCUT2D eigenvalue weighted by atomic mass is 9.89. The Balaban J connectivity index is 1.95. The van der Waals surface area contributed by atoms with Crippen molar-refractivity contribution in [3.63, 3.8) is 0 Å². The van der Waals surface area contributed by atoms with Gasteiger partial charge in [0.25, 0.3) is 0 Å². The molecule has 0 spiro atoms. The number of H-pyrrole nitrogens is 1. The van der Waals surface area contributed by atoms with Crippen LogP contribution in [0.1, 0.15) is 43.7 Å². The molecule has 0 unspecified atom stereocenters. The Morgan fingerprint density at radius 2 is 2.05 bits per heavy atom. The van der Waals surface area contributed by atoms with Crippen LogP contribution in [0, 0.1) is 0 Å². The van der Waals surface area contributed by atoms with Crippen LogP contribution in [0.25, 0.3) is 0 Å². The fourth-order valence-corrected chi connectivity index (χ4v) is 2.49. The van der Waals surface area contributed by atoms with Gasteiger partial charge in [0.2, 0.25) is 0 Å². The Morgan fingerprint density at radius 1 is 1.32 bits per heavy atom. The molecule has 1 aromatic carbocycles. The molecule has 22 heavy (non-hydrogen) atoms. The molecular formula is C17H25N3O2. The number of hydrogen-bond acceptors (Lipinski definition) is 4. The lowest BCUT2D eigenvalue weighted by Crippen LogP contribution is -2.23. The molecule has 2 aromatic rings. The highest BCUT2D eigenvalue weighted by molar-refractivity contribution is 5.35. The molecule has 1 heterocycles. The Morgan fingerprint density at radius 3 is 2.73 bits per heavy atom. The van der Waals surface area contributed by atoms with Crippen LogP contribution in [0.15, 0.2) is 30.5 Å². The standard InChI is InChI=1S/C17H25N3O2/c1-17(2,3)16-12(10-19-20-16)9-18-11-14(21)13-7-5-6-8-15(13)22-4/h5-8,10,14,18,21H,9,11H2,1-4H3,(H,19,20)/t14-/m1/s1. The minimum atomic E-state index is -0.610. The number of hydrogen-bond donors (Lipinski definition) is 3. The summed E-state index contributed by atoms with van der Waals surface area (Å²) >= 11 is 0. The van der Waals surface area contributed by atoms with Crippen molar-refractivity contribution >= 4 is 0 Å². The Bertz CT molecular complexity index is 602. The molecule has 1 aromatic heterocycles. The highest BCUT2D eigenvalue weighted by Gasteiger charge is 2.20. The summed E-state index contributed by atoms with van der Waals surface area (Å²) in [5, 5.41) is 20.8. The molecule has 0 amide bonds. The highest BCUT2D eigenvalue weighted by Crippen LogP contribution is 2.25. The van der Waals surface area contributed by atoms with Crippen molar-refractivity contribution in [2.75, 3.05) is 13.7 Å². The molecule has 0 aliphatic rings. The van der Waals surface area contributed by atoms with Gasteiger partial charge in [-0.25, -0.2) is 0 Å². The van der Waals surface area contributed by atoms with Crippen LogP contribution in [-0.2, 0) is 12.0 Å². The van der Waals surface area contributed by atoms with Crippen molar-refractivity contribution in [3.8, 4) is 5.75 Å². The van der Waals surface area contributed by atoms with E-state index in [1.807, 2.05) is 30.5 Å². The molecule has 5 heteroatoms. The third-order valence-electron chi connectivity index (χ3n) is 3.62. The molecule has 0 saturated heterocycles. The minimum Gasteiger partial charge on any atom is -0.496 e. The second-order valence-corrected chi connectivity index (χ2v) is 6.41. The number of rotatable bonds is 6. The number of para-hydroxylation sites is 1. The summed E-state index contributed by atoms with van der Waals surface area (Å²) in [6.45, 7) is 7.56. The number of benzene rings is 1. The van der Waals surface area contributed by atoms with E-state index in [1.54, 1.807) is 7.11 Å². The molecule has 0 aliphatic carbocycles. The second kappa shape index (κ2) is 6.94. The number of nitrogens with zero attached hydrogens (tertiary/aromatic N) is 1. The molecule has 0 saturated carbocycles. The Kier molecular flexibility index (Phi) is 5.21. The van der Waals surface area contributed by atoms with Crippen LogP contribution in [0.2, 0.25) is 0 Å². The van der Waals surface area contributed by atoms with Crippen LogP contribution in [0.3, 0.4) is 0 Å². The largest absolute Gasteiger partial charge is 0.496 e. The maximum Gasteiger partial charge on any atom is 0.124 e. The molecule has 5 nitrogen and oxygen atoms in total. The second-order valence-electron chi connectivity index (χ2n) is 6.41. The molecule has 2 rings (SSSR count). The van der Waals surface area contributed by atoms with Gasteiger partial charge < -0.3 is 15.2 Å². The van der Waals surface area contributed by atoms with E-state index < -0.39 is 6.10 Å². The van der Waals surface area contributed by atoms with Crippen LogP contribution < -0.4 is 10.1 Å². The number of ether oxygens (including phenoxy) is 1. The van der Waals surface area contributed by atoms with Crippen LogP contribution >= 0.6 is 0 Å². The first kappa shape index (κ1) is 16.5. The Hall–Kier alpha value is -1.85. The summed E-state index contributed by atoms with van der Waals surface area (Å²) in [4.78, 5) is 0. The van der Waals surface area contributed by atoms with Gasteiger partial charge in [0, 0.05) is 35.3 Å². The topological polar surface area (TPSA) is 70.2 Å². The minimum absolute atomic E-state index is 0.0226. The molecule has 0 bridgehead atoms. The lowest BCUT2D eigenvalue weighted by Gasteiger charge is -2.19. The van der Waals surface area contributed by atoms with E-state index in [0.29, 0.717) is 18.8 Å². The van der Waals surface area contributed by atoms with Gasteiger partial charge in [-0.3, -0.25) is 5.10 Å². The fraction of sp³-hybridized carbons (Fsp3) is 0.471. The summed E-state index contributed by atoms with van der Waals surface area (Å²) in [7, 11) is 1.61. The molecule has 0 aliphatic heterocycles. The smallest absolute Gasteiger partial charge is 0.124 e. The molecule has 1 atom stereocenters. The SMILES string of the molecule is COc1ccccc1[C@H](O)CNCc1cn[nH]c1C(C)(C)C. The van der Waals surface area contributed by atoms with Crippen molar-refractivity contribution in [2.45, 2.75) is 38.8 Å². The number of nitrogens with one attached hydrogen (secondary N) is 2. The van der Waals surface area contributed by atoms with Gasteiger partial charge in [0.1, 0.15) is 5.75 Å². The van der Waals surface area contributed by atoms with Crippen molar-refractivity contribution < 1.29 is 9.84 Å². The number of methoxy groups -OCH3 is 1. The van der Waals surface area contributed by atoms with E-state index in [1.165, 1.54) is 0 Å². The Labute approximate surface area is 131 Å². The quantitative estimate of drug-likeness (QED) is 0.767. The van der Waals surface area contributed by atoms with Crippen molar-refractivity contribution in [2.24, 2.45) is 0 Å². The summed E-state index contributed by atoms with van der Waals surface area (Å²) in [5.74, 6) is 0.704. The van der Waals surface area contributed by atoms with Crippen molar-refractivity contribution in [1.82, 2.24) is 15.5 Å². The van der Waals surface area contributed by atoms with E-state index in [-0.39, 0.29) is 5.41 Å². The van der Waals surface area contributed by atoms with Crippen molar-refractivity contribution in [1.29, 1.82) is 0 Å². The molecule has 0 fully saturated rings. The van der Waals surface area contributed by atoms with Gasteiger partial charge in [-0.1, -0.05) is 39.0 Å². The summed E-state index contributed by atoms with van der Waals surface area (Å²) in [6, 6.07) is 7.52. The molecular weight excluding hydrogens is 278 g/mol. The third-order valence-corrected chi connectivity index (χ3v) is 3.62. The van der Waals surface area contributed by atoms with Crippen LogP contribution in [0.5, 0.6) is 5.75 Å². The van der Waals surface area contributed by atoms with Gasteiger partial charge in [-0.15, -0.1) is 0 Å². The monoisotopic (exact) mass is 303 g/mol. The van der Waals surface area contributed by atoms with E-state index in [4.69, 9.17) is 4.74 Å². The van der Waals surface area contributed by atoms with Gasteiger partial charge in [-0.2, -0.15) is 5.10 Å². The first-order valence-electron chi connectivity index (χ1n) is 7.48. The first-order chi connectivity index (χ1) is 10.4. The highest BCUT2D eigenvalue weighted by atomic mass is 16.5. The third kappa shape index (κ3) is 3.87. The predicted molar refractivity (Wildman–Crippen MR) is 86.9 cm³/mol.